The first kappa shape index (κ1) is 16.3. The summed E-state index contributed by atoms with van der Waals surface area (Å²) in [6, 6.07) is 11.1. The van der Waals surface area contributed by atoms with Gasteiger partial charge in [0.25, 0.3) is 0 Å². The molecule has 5 fully saturated rings. The molecule has 1 heterocycles. The van der Waals surface area contributed by atoms with E-state index in [0.29, 0.717) is 6.04 Å². The third-order valence-electron chi connectivity index (χ3n) is 7.84. The van der Waals surface area contributed by atoms with Crippen molar-refractivity contribution in [1.82, 2.24) is 10.2 Å². The van der Waals surface area contributed by atoms with Crippen LogP contribution in [-0.4, -0.2) is 42.2 Å². The minimum atomic E-state index is -0.734. The molecule has 3 heteroatoms. The summed E-state index contributed by atoms with van der Waals surface area (Å²) < 4.78 is 0. The molecule has 4 saturated carbocycles. The molecule has 136 valence electrons. The Labute approximate surface area is 151 Å². The van der Waals surface area contributed by atoms with Crippen LogP contribution in [0.4, 0.5) is 0 Å². The van der Waals surface area contributed by atoms with Crippen LogP contribution in [0.2, 0.25) is 0 Å². The Bertz CT molecular complexity index is 590. The lowest BCUT2D eigenvalue weighted by molar-refractivity contribution is -0.0784. The van der Waals surface area contributed by atoms with E-state index in [0.717, 1.165) is 48.7 Å². The molecule has 1 aromatic carbocycles. The van der Waals surface area contributed by atoms with Gasteiger partial charge in [0, 0.05) is 19.1 Å². The standard InChI is InChI=1S/C22H32N2O/c1-24-8-7-22(25,19-5-3-2-4-6-19)20(14-24)23-21-17-10-15-9-16(12-17)13-18(21)11-15/h2-6,15-18,20-21,23,25H,7-14H2,1H3. The molecular weight excluding hydrogens is 308 g/mol. The quantitative estimate of drug-likeness (QED) is 0.888. The predicted molar refractivity (Wildman–Crippen MR) is 100 cm³/mol. The Morgan fingerprint density at radius 2 is 1.64 bits per heavy atom. The maximum absolute atomic E-state index is 11.7. The molecule has 4 aliphatic carbocycles. The normalized spacial score (nSPS) is 46.5. The molecule has 2 N–H and O–H groups in total. The Morgan fingerprint density at radius 1 is 1.00 bits per heavy atom. The van der Waals surface area contributed by atoms with Crippen molar-refractivity contribution in [1.29, 1.82) is 0 Å². The second-order valence-corrected chi connectivity index (χ2v) is 9.48. The lowest BCUT2D eigenvalue weighted by Crippen LogP contribution is -2.65. The number of aliphatic hydroxyl groups is 1. The second-order valence-electron chi connectivity index (χ2n) is 9.48. The highest BCUT2D eigenvalue weighted by atomic mass is 16.3. The van der Waals surface area contributed by atoms with Crippen molar-refractivity contribution in [3.63, 3.8) is 0 Å². The lowest BCUT2D eigenvalue weighted by Gasteiger charge is -2.56. The number of piperidine rings is 1. The van der Waals surface area contributed by atoms with E-state index in [2.05, 4.69) is 41.5 Å². The zero-order valence-corrected chi connectivity index (χ0v) is 15.4. The van der Waals surface area contributed by atoms with Crippen molar-refractivity contribution in [3.8, 4) is 0 Å². The van der Waals surface area contributed by atoms with Crippen molar-refractivity contribution < 1.29 is 5.11 Å². The molecule has 1 saturated heterocycles. The minimum Gasteiger partial charge on any atom is -0.383 e. The fourth-order valence-electron chi connectivity index (χ4n) is 6.78. The van der Waals surface area contributed by atoms with Crippen molar-refractivity contribution >= 4 is 0 Å². The van der Waals surface area contributed by atoms with Gasteiger partial charge in [0.15, 0.2) is 0 Å². The Kier molecular flexibility index (Phi) is 3.96. The van der Waals surface area contributed by atoms with Gasteiger partial charge in [-0.2, -0.15) is 0 Å². The third-order valence-corrected chi connectivity index (χ3v) is 7.84. The number of nitrogens with one attached hydrogen (secondary N) is 1. The van der Waals surface area contributed by atoms with Crippen molar-refractivity contribution in [2.45, 2.75) is 56.2 Å². The summed E-state index contributed by atoms with van der Waals surface area (Å²) in [6.07, 6.45) is 8.03. The SMILES string of the molecule is CN1CCC(O)(c2ccccc2)C(NC2C3CC4CC(C3)CC2C4)C1. The molecule has 1 aliphatic heterocycles. The molecule has 1 aromatic rings. The summed E-state index contributed by atoms with van der Waals surface area (Å²) in [5.74, 6) is 3.71. The largest absolute Gasteiger partial charge is 0.383 e. The molecule has 3 nitrogen and oxygen atoms in total. The third kappa shape index (κ3) is 2.75. The van der Waals surface area contributed by atoms with Crippen molar-refractivity contribution in [3.05, 3.63) is 35.9 Å². The molecule has 25 heavy (non-hydrogen) atoms. The number of likely N-dealkylation sites (N-methyl/N-ethyl adjacent to an activating group) is 1. The van der Waals surface area contributed by atoms with Gasteiger partial charge in [-0.25, -0.2) is 0 Å². The van der Waals surface area contributed by atoms with Gasteiger partial charge in [0.1, 0.15) is 5.60 Å². The van der Waals surface area contributed by atoms with Crippen LogP contribution in [0.3, 0.4) is 0 Å². The van der Waals surface area contributed by atoms with E-state index in [1.165, 1.54) is 32.1 Å². The van der Waals surface area contributed by atoms with Crippen LogP contribution in [0.5, 0.6) is 0 Å². The number of nitrogens with zero attached hydrogens (tertiary/aromatic N) is 1. The predicted octanol–water partition coefficient (Wildman–Crippen LogP) is 2.99. The van der Waals surface area contributed by atoms with Crippen LogP contribution in [0.15, 0.2) is 30.3 Å². The van der Waals surface area contributed by atoms with Crippen LogP contribution in [0.25, 0.3) is 0 Å². The molecule has 6 rings (SSSR count). The van der Waals surface area contributed by atoms with Gasteiger partial charge < -0.3 is 15.3 Å². The molecule has 4 bridgehead atoms. The van der Waals surface area contributed by atoms with E-state index in [4.69, 9.17) is 0 Å². The molecule has 5 aliphatic rings. The summed E-state index contributed by atoms with van der Waals surface area (Å²) in [6.45, 7) is 1.90. The number of likely N-dealkylation sites (tertiary alicyclic amines) is 1. The molecule has 2 unspecified atom stereocenters. The lowest BCUT2D eigenvalue weighted by atomic mass is 9.54. The summed E-state index contributed by atoms with van der Waals surface area (Å²) in [5.41, 5.74) is 0.354. The van der Waals surface area contributed by atoms with E-state index in [1.807, 2.05) is 6.07 Å². The smallest absolute Gasteiger partial charge is 0.107 e. The molecule has 2 atom stereocenters. The average Bonchev–Trinajstić information content (AvgIpc) is 2.61. The topological polar surface area (TPSA) is 35.5 Å². The Balaban J connectivity index is 1.40. The number of hydrogen-bond donors (Lipinski definition) is 2. The first-order valence-corrected chi connectivity index (χ1v) is 10.3. The monoisotopic (exact) mass is 340 g/mol. The fourth-order valence-corrected chi connectivity index (χ4v) is 6.78. The van der Waals surface area contributed by atoms with Gasteiger partial charge in [0.05, 0.1) is 6.04 Å². The number of rotatable bonds is 3. The van der Waals surface area contributed by atoms with Crippen LogP contribution in [0, 0.1) is 23.7 Å². The molecule has 0 radical (unpaired) electrons. The van der Waals surface area contributed by atoms with E-state index in [9.17, 15) is 5.11 Å². The van der Waals surface area contributed by atoms with Crippen LogP contribution in [-0.2, 0) is 5.60 Å². The van der Waals surface area contributed by atoms with Gasteiger partial charge >= 0.3 is 0 Å². The second kappa shape index (κ2) is 6.07. The molecular formula is C22H32N2O. The number of hydrogen-bond acceptors (Lipinski definition) is 3. The van der Waals surface area contributed by atoms with E-state index >= 15 is 0 Å². The van der Waals surface area contributed by atoms with E-state index in [1.54, 1.807) is 0 Å². The maximum atomic E-state index is 11.7. The van der Waals surface area contributed by atoms with Gasteiger partial charge in [-0.05, 0) is 74.8 Å². The highest BCUT2D eigenvalue weighted by Gasteiger charge is 2.51. The summed E-state index contributed by atoms with van der Waals surface area (Å²) >= 11 is 0. The van der Waals surface area contributed by atoms with Gasteiger partial charge in [-0.15, -0.1) is 0 Å². The van der Waals surface area contributed by atoms with Gasteiger partial charge in [-0.3, -0.25) is 0 Å². The van der Waals surface area contributed by atoms with Crippen LogP contribution >= 0.6 is 0 Å². The van der Waals surface area contributed by atoms with Crippen molar-refractivity contribution in [2.24, 2.45) is 23.7 Å². The summed E-state index contributed by atoms with van der Waals surface area (Å²) in [7, 11) is 2.19. The fraction of sp³-hybridized carbons (Fsp3) is 0.727. The van der Waals surface area contributed by atoms with Gasteiger partial charge in [0.2, 0.25) is 0 Å². The zero-order chi connectivity index (χ0) is 17.0. The zero-order valence-electron chi connectivity index (χ0n) is 15.4. The molecule has 0 amide bonds. The molecule has 0 aromatic heterocycles. The first-order valence-electron chi connectivity index (χ1n) is 10.3. The van der Waals surface area contributed by atoms with Crippen molar-refractivity contribution in [2.75, 3.05) is 20.1 Å². The minimum absolute atomic E-state index is 0.135. The van der Waals surface area contributed by atoms with E-state index in [-0.39, 0.29) is 6.04 Å². The van der Waals surface area contributed by atoms with Crippen LogP contribution < -0.4 is 5.32 Å². The maximum Gasteiger partial charge on any atom is 0.107 e. The highest BCUT2D eigenvalue weighted by Crippen LogP contribution is 2.54. The molecule has 0 spiro atoms. The number of benzene rings is 1. The summed E-state index contributed by atoms with van der Waals surface area (Å²) in [4.78, 5) is 2.38. The van der Waals surface area contributed by atoms with E-state index < -0.39 is 5.60 Å². The highest BCUT2D eigenvalue weighted by molar-refractivity contribution is 5.26. The van der Waals surface area contributed by atoms with Gasteiger partial charge in [-0.1, -0.05) is 30.3 Å². The summed E-state index contributed by atoms with van der Waals surface area (Å²) in [5, 5.41) is 15.7. The average molecular weight is 341 g/mol. The Hall–Kier alpha value is -0.900. The first-order chi connectivity index (χ1) is 12.1. The van der Waals surface area contributed by atoms with Crippen LogP contribution in [0.1, 0.15) is 44.1 Å². The Morgan fingerprint density at radius 3 is 2.28 bits per heavy atom.